The van der Waals surface area contributed by atoms with E-state index in [-0.39, 0.29) is 30.2 Å². The van der Waals surface area contributed by atoms with E-state index in [4.69, 9.17) is 11.6 Å². The van der Waals surface area contributed by atoms with Crippen LogP contribution in [0.4, 0.5) is 8.78 Å². The van der Waals surface area contributed by atoms with E-state index in [2.05, 4.69) is 15.4 Å². The van der Waals surface area contributed by atoms with Gasteiger partial charge in [-0.1, -0.05) is 43.0 Å². The summed E-state index contributed by atoms with van der Waals surface area (Å²) in [4.78, 5) is 20.1. The zero-order valence-electron chi connectivity index (χ0n) is 22.1. The Morgan fingerprint density at radius 3 is 2.34 bits per heavy atom. The van der Waals surface area contributed by atoms with Crippen LogP contribution < -0.4 is 5.32 Å². The molecule has 1 aromatic heterocycles. The predicted octanol–water partition coefficient (Wildman–Crippen LogP) is 5.90. The van der Waals surface area contributed by atoms with E-state index in [1.807, 2.05) is 40.2 Å². The van der Waals surface area contributed by atoms with Crippen LogP contribution in [-0.4, -0.2) is 56.7 Å². The van der Waals surface area contributed by atoms with Gasteiger partial charge in [0.25, 0.3) is 0 Å². The van der Waals surface area contributed by atoms with Crippen molar-refractivity contribution in [3.05, 3.63) is 47.5 Å². The summed E-state index contributed by atoms with van der Waals surface area (Å²) in [6.45, 7) is 2.28. The van der Waals surface area contributed by atoms with Crippen molar-refractivity contribution >= 4 is 17.5 Å². The maximum atomic E-state index is 13.9. The highest BCUT2D eigenvalue weighted by Crippen LogP contribution is 2.47. The van der Waals surface area contributed by atoms with Gasteiger partial charge in [0.1, 0.15) is 12.7 Å². The highest BCUT2D eigenvalue weighted by molar-refractivity contribution is 6.30. The lowest BCUT2D eigenvalue weighted by Gasteiger charge is -2.48. The number of nitrogens with zero attached hydrogens (tertiary/aromatic N) is 4. The molecule has 2 heterocycles. The Labute approximate surface area is 229 Å². The van der Waals surface area contributed by atoms with Crippen molar-refractivity contribution in [1.29, 1.82) is 0 Å². The van der Waals surface area contributed by atoms with Crippen LogP contribution in [0.15, 0.2) is 36.9 Å². The molecule has 3 aliphatic rings. The molecule has 3 fully saturated rings. The van der Waals surface area contributed by atoms with E-state index in [0.717, 1.165) is 24.9 Å². The van der Waals surface area contributed by atoms with Gasteiger partial charge in [0.2, 0.25) is 11.8 Å². The molecule has 208 valence electrons. The number of aromatic nitrogens is 3. The van der Waals surface area contributed by atoms with Gasteiger partial charge in [0, 0.05) is 43.5 Å². The minimum atomic E-state index is -2.59. The summed E-state index contributed by atoms with van der Waals surface area (Å²) in [5.41, 5.74) is 1.14. The lowest BCUT2D eigenvalue weighted by Crippen LogP contribution is -2.55. The average Bonchev–Trinajstić information content (AvgIpc) is 3.44. The van der Waals surface area contributed by atoms with Crippen molar-refractivity contribution in [2.24, 2.45) is 11.3 Å². The Bertz CT molecular complexity index is 1020. The number of rotatable bonds is 8. The molecule has 9 heteroatoms. The second kappa shape index (κ2) is 12.0. The monoisotopic (exact) mass is 547 g/mol. The van der Waals surface area contributed by atoms with Crippen molar-refractivity contribution in [3.8, 4) is 0 Å². The van der Waals surface area contributed by atoms with E-state index in [9.17, 15) is 13.6 Å². The molecule has 6 nitrogen and oxygen atoms in total. The zero-order valence-corrected chi connectivity index (χ0v) is 22.9. The van der Waals surface area contributed by atoms with E-state index < -0.39 is 12.0 Å². The van der Waals surface area contributed by atoms with E-state index in [1.54, 1.807) is 6.33 Å². The minimum Gasteiger partial charge on any atom is -0.341 e. The summed E-state index contributed by atoms with van der Waals surface area (Å²) in [6.07, 6.45) is 12.7. The summed E-state index contributed by atoms with van der Waals surface area (Å²) < 4.78 is 29.5. The molecule has 0 bridgehead atoms. The third-order valence-electron chi connectivity index (χ3n) is 9.29. The van der Waals surface area contributed by atoms with Gasteiger partial charge in [0.15, 0.2) is 0 Å². The van der Waals surface area contributed by atoms with Crippen LogP contribution in [0.3, 0.4) is 0 Å². The fraction of sp³-hybridized carbons (Fsp3) is 0.690. The number of hydrogen-bond acceptors (Lipinski definition) is 4. The highest BCUT2D eigenvalue weighted by atomic mass is 35.5. The van der Waals surface area contributed by atoms with E-state index >= 15 is 0 Å². The first-order valence-electron chi connectivity index (χ1n) is 14.3. The highest BCUT2D eigenvalue weighted by Gasteiger charge is 2.44. The normalized spacial score (nSPS) is 23.3. The van der Waals surface area contributed by atoms with Gasteiger partial charge < -0.3 is 10.2 Å². The molecule has 1 aromatic carbocycles. The molecule has 0 spiro atoms. The number of amides is 1. The number of carbonyl (C=O) groups is 1. The number of halogens is 3. The Morgan fingerprint density at radius 1 is 1.03 bits per heavy atom. The molecule has 38 heavy (non-hydrogen) atoms. The van der Waals surface area contributed by atoms with Gasteiger partial charge in [0.05, 0.1) is 6.04 Å². The van der Waals surface area contributed by atoms with Crippen molar-refractivity contribution in [2.75, 3.05) is 13.1 Å². The fourth-order valence-electron chi connectivity index (χ4n) is 7.01. The molecule has 2 aromatic rings. The summed E-state index contributed by atoms with van der Waals surface area (Å²) in [7, 11) is 0. The maximum absolute atomic E-state index is 13.9. The van der Waals surface area contributed by atoms with Crippen LogP contribution in [0.1, 0.15) is 76.2 Å². The number of benzene rings is 1. The maximum Gasteiger partial charge on any atom is 0.248 e. The smallest absolute Gasteiger partial charge is 0.248 e. The first-order valence-corrected chi connectivity index (χ1v) is 14.7. The lowest BCUT2D eigenvalue weighted by molar-refractivity contribution is -0.137. The second-order valence-corrected chi connectivity index (χ2v) is 12.2. The van der Waals surface area contributed by atoms with Crippen molar-refractivity contribution in [1.82, 2.24) is 25.0 Å². The Kier molecular flexibility index (Phi) is 8.68. The standard InChI is InChI=1S/C29H40ClF2N5O/c30-24-8-6-22(7-9-24)18-26(35-25-10-12-29(31,32)13-11-25)27(38)36-16-14-28(15-17-36,19-37-21-33-20-34-37)23-4-2-1-3-5-23/h6-9,20-21,23,25-26,35H,1-5,10-19H2/t26-/m1/s1. The third kappa shape index (κ3) is 6.74. The quantitative estimate of drug-likeness (QED) is 0.447. The first-order chi connectivity index (χ1) is 18.3. The van der Waals surface area contributed by atoms with Gasteiger partial charge >= 0.3 is 0 Å². The van der Waals surface area contributed by atoms with Crippen LogP contribution >= 0.6 is 11.6 Å². The van der Waals surface area contributed by atoms with Crippen LogP contribution in [0, 0.1) is 11.3 Å². The van der Waals surface area contributed by atoms with Crippen LogP contribution in [0.2, 0.25) is 5.02 Å². The summed E-state index contributed by atoms with van der Waals surface area (Å²) >= 11 is 6.08. The molecule has 5 rings (SSSR count). The molecule has 2 saturated carbocycles. The first kappa shape index (κ1) is 27.5. The van der Waals surface area contributed by atoms with Crippen molar-refractivity contribution < 1.29 is 13.6 Å². The molecule has 1 aliphatic heterocycles. The van der Waals surface area contributed by atoms with Crippen LogP contribution in [0.25, 0.3) is 0 Å². The van der Waals surface area contributed by atoms with Gasteiger partial charge in [-0.2, -0.15) is 5.10 Å². The van der Waals surface area contributed by atoms with Crippen molar-refractivity contribution in [3.63, 3.8) is 0 Å². The Hall–Kier alpha value is -2.06. The van der Waals surface area contributed by atoms with Crippen LogP contribution in [-0.2, 0) is 17.8 Å². The lowest BCUT2D eigenvalue weighted by atomic mass is 9.63. The molecule has 1 amide bonds. The molecule has 1 atom stereocenters. The van der Waals surface area contributed by atoms with Crippen LogP contribution in [0.5, 0.6) is 0 Å². The zero-order chi connectivity index (χ0) is 26.6. The molecular weight excluding hydrogens is 508 g/mol. The Morgan fingerprint density at radius 2 is 1.71 bits per heavy atom. The van der Waals surface area contributed by atoms with Gasteiger partial charge in [-0.05, 0) is 74.0 Å². The number of hydrogen-bond donors (Lipinski definition) is 1. The SMILES string of the molecule is O=C([C@@H](Cc1ccc(Cl)cc1)NC1CCC(F)(F)CC1)N1CCC(Cn2cncn2)(C2CCCCC2)CC1. The molecule has 0 unspecified atom stereocenters. The van der Waals surface area contributed by atoms with Gasteiger partial charge in [-0.15, -0.1) is 0 Å². The summed E-state index contributed by atoms with van der Waals surface area (Å²) in [6, 6.07) is 7.05. The predicted molar refractivity (Wildman–Crippen MR) is 144 cm³/mol. The van der Waals surface area contributed by atoms with E-state index in [1.165, 1.54) is 32.1 Å². The van der Waals surface area contributed by atoms with Crippen molar-refractivity contribution in [2.45, 2.75) is 102 Å². The van der Waals surface area contributed by atoms with Gasteiger partial charge in [-0.25, -0.2) is 13.8 Å². The molecule has 0 radical (unpaired) electrons. The number of carbonyl (C=O) groups excluding carboxylic acids is 1. The van der Waals surface area contributed by atoms with Gasteiger partial charge in [-0.3, -0.25) is 9.48 Å². The number of nitrogens with one attached hydrogen (secondary N) is 1. The van der Waals surface area contributed by atoms with E-state index in [0.29, 0.717) is 43.3 Å². The largest absolute Gasteiger partial charge is 0.341 e. The average molecular weight is 548 g/mol. The fourth-order valence-corrected chi connectivity index (χ4v) is 7.13. The Balaban J connectivity index is 1.28. The summed E-state index contributed by atoms with van der Waals surface area (Å²) in [5, 5.41) is 8.56. The third-order valence-corrected chi connectivity index (χ3v) is 9.54. The summed E-state index contributed by atoms with van der Waals surface area (Å²) in [5.74, 6) is -1.87. The minimum absolute atomic E-state index is 0.0747. The number of piperidine rings is 1. The molecule has 1 N–H and O–H groups in total. The number of alkyl halides is 2. The molecular formula is C29H40ClF2N5O. The topological polar surface area (TPSA) is 63.1 Å². The second-order valence-electron chi connectivity index (χ2n) is 11.8. The molecule has 2 aliphatic carbocycles. The number of likely N-dealkylation sites (tertiary alicyclic amines) is 1. The molecule has 1 saturated heterocycles.